The van der Waals surface area contributed by atoms with Crippen LogP contribution in [0.5, 0.6) is 0 Å². The summed E-state index contributed by atoms with van der Waals surface area (Å²) < 4.78 is 0. The number of rotatable bonds is 6. The highest BCUT2D eigenvalue weighted by molar-refractivity contribution is 6.39. The summed E-state index contributed by atoms with van der Waals surface area (Å²) in [7, 11) is 0. The van der Waals surface area contributed by atoms with Crippen molar-refractivity contribution >= 4 is 71.0 Å². The molecule has 0 spiro atoms. The molecule has 9 aromatic rings. The first-order chi connectivity index (χ1) is 24.7. The third kappa shape index (κ3) is 5.32. The molecule has 0 aliphatic carbocycles. The second-order valence-corrected chi connectivity index (χ2v) is 12.1. The predicted octanol–water partition coefficient (Wildman–Crippen LogP) is 14.1. The van der Waals surface area contributed by atoms with Crippen molar-refractivity contribution < 1.29 is 0 Å². The van der Waals surface area contributed by atoms with Crippen LogP contribution in [0.3, 0.4) is 0 Å². The van der Waals surface area contributed by atoms with E-state index in [0.29, 0.717) is 0 Å². The lowest BCUT2D eigenvalue weighted by Crippen LogP contribution is -1.83. The molecule has 3 N–H and O–H groups in total. The number of aromatic amines is 3. The third-order valence-electron chi connectivity index (χ3n) is 9.41. The zero-order chi connectivity index (χ0) is 34.8. The lowest BCUT2D eigenvalue weighted by atomic mass is 9.97. The fraction of sp³-hybridized carbons (Fsp3) is 0.106. The second-order valence-electron chi connectivity index (χ2n) is 12.1. The van der Waals surface area contributed by atoms with Gasteiger partial charge in [0.05, 0.1) is 16.6 Å². The van der Waals surface area contributed by atoms with Crippen LogP contribution in [0.2, 0.25) is 0 Å². The third-order valence-corrected chi connectivity index (χ3v) is 9.41. The van der Waals surface area contributed by atoms with E-state index in [1.165, 1.54) is 65.7 Å². The Balaban J connectivity index is 0.000000948. The van der Waals surface area contributed by atoms with E-state index in [2.05, 4.69) is 149 Å². The van der Waals surface area contributed by atoms with Gasteiger partial charge in [0, 0.05) is 48.9 Å². The number of hydrogen-bond donors (Lipinski definition) is 3. The number of aromatic nitrogens is 3. The normalized spacial score (nSPS) is 11.6. The largest absolute Gasteiger partial charge is 0.354 e. The van der Waals surface area contributed by atoms with Gasteiger partial charge in [0.2, 0.25) is 0 Å². The Bertz CT molecular complexity index is 2600. The van der Waals surface area contributed by atoms with Crippen LogP contribution in [0, 0.1) is 0 Å². The van der Waals surface area contributed by atoms with Crippen molar-refractivity contribution in [1.29, 1.82) is 0 Å². The summed E-state index contributed by atoms with van der Waals surface area (Å²) in [4.78, 5) is 11.6. The van der Waals surface area contributed by atoms with Gasteiger partial charge >= 0.3 is 0 Å². The summed E-state index contributed by atoms with van der Waals surface area (Å²) in [6.45, 7) is 16.0. The Hall–Kier alpha value is -6.06. The van der Waals surface area contributed by atoms with Crippen LogP contribution < -0.4 is 0 Å². The number of benzene rings is 6. The van der Waals surface area contributed by atoms with Crippen molar-refractivity contribution in [3.05, 3.63) is 152 Å². The molecular formula is C47H43N3. The molecule has 3 heterocycles. The van der Waals surface area contributed by atoms with Crippen molar-refractivity contribution in [3.8, 4) is 22.3 Å². The first-order valence-electron chi connectivity index (χ1n) is 17.7. The lowest BCUT2D eigenvalue weighted by molar-refractivity contribution is 1.40. The van der Waals surface area contributed by atoms with Gasteiger partial charge in [-0.05, 0) is 76.2 Å². The maximum Gasteiger partial charge on any atom is 0.0588 e. The molecular weight excluding hydrogens is 607 g/mol. The van der Waals surface area contributed by atoms with Crippen molar-refractivity contribution in [2.24, 2.45) is 0 Å². The molecule has 246 valence electrons. The number of H-pyrrole nitrogens is 3. The molecule has 3 nitrogen and oxygen atoms in total. The minimum absolute atomic E-state index is 0.777. The van der Waals surface area contributed by atoms with Crippen molar-refractivity contribution in [1.82, 2.24) is 15.0 Å². The molecule has 0 unspecified atom stereocenters. The predicted molar refractivity (Wildman–Crippen MR) is 221 cm³/mol. The standard InChI is InChI=1S/C43H31N3.2C2H6/c1-3-11-26(12-4-2)29-17-20-35-32(23-29)38-41(44-35)39-34-25-31(28-15-9-6-10-16-28)19-22-37(34)46-43(39)40-33-24-30(27-13-7-5-8-14-27)18-21-36(33)45-42(38)40;2*1-2/h3-11,13-25,44-46H,1-2,12H2;2*1-2H3/b26-11+;;. The van der Waals surface area contributed by atoms with Crippen molar-refractivity contribution in [2.75, 3.05) is 0 Å². The lowest BCUT2D eigenvalue weighted by Gasteiger charge is -2.06. The fourth-order valence-electron chi connectivity index (χ4n) is 7.32. The van der Waals surface area contributed by atoms with E-state index in [1.54, 1.807) is 0 Å². The fourth-order valence-corrected chi connectivity index (χ4v) is 7.32. The number of fused-ring (bicyclic) bond motifs is 12. The quantitative estimate of drug-likeness (QED) is 0.119. The maximum absolute atomic E-state index is 4.00. The zero-order valence-corrected chi connectivity index (χ0v) is 29.3. The molecule has 0 amide bonds. The highest BCUT2D eigenvalue weighted by Crippen LogP contribution is 2.45. The summed E-state index contributed by atoms with van der Waals surface area (Å²) in [5.74, 6) is 0. The summed E-state index contributed by atoms with van der Waals surface area (Å²) in [6, 6.07) is 41.5. The SMILES string of the molecule is C=C/C=C(\CC=C)c1ccc2[nH]c3c(c2c1)c1[nH]c2ccc(-c4ccccc4)cc2c1c1[nH]c2ccc(-c4ccccc4)cc2c31.CC.CC. The Morgan fingerprint density at radius 1 is 0.500 bits per heavy atom. The van der Waals surface area contributed by atoms with E-state index in [4.69, 9.17) is 0 Å². The average Bonchev–Trinajstić information content (AvgIpc) is 3.87. The van der Waals surface area contributed by atoms with Crippen LogP contribution in [-0.2, 0) is 0 Å². The topological polar surface area (TPSA) is 47.4 Å². The molecule has 0 aliphatic rings. The molecule has 0 bridgehead atoms. The summed E-state index contributed by atoms with van der Waals surface area (Å²) in [5.41, 5.74) is 14.0. The van der Waals surface area contributed by atoms with Crippen molar-refractivity contribution in [2.45, 2.75) is 34.1 Å². The highest BCUT2D eigenvalue weighted by Gasteiger charge is 2.22. The molecule has 0 radical (unpaired) electrons. The van der Waals surface area contributed by atoms with Gasteiger partial charge < -0.3 is 15.0 Å². The van der Waals surface area contributed by atoms with Gasteiger partial charge in [-0.15, -0.1) is 6.58 Å². The Morgan fingerprint density at radius 3 is 1.34 bits per heavy atom. The van der Waals surface area contributed by atoms with Crippen LogP contribution >= 0.6 is 0 Å². The van der Waals surface area contributed by atoms with Gasteiger partial charge in [0.1, 0.15) is 0 Å². The molecule has 0 aliphatic heterocycles. The number of nitrogens with one attached hydrogen (secondary N) is 3. The molecule has 0 saturated heterocycles. The van der Waals surface area contributed by atoms with E-state index in [1.807, 2.05) is 39.8 Å². The van der Waals surface area contributed by atoms with Gasteiger partial charge in [-0.3, -0.25) is 0 Å². The Morgan fingerprint density at radius 2 is 0.920 bits per heavy atom. The van der Waals surface area contributed by atoms with Gasteiger partial charge in [0.25, 0.3) is 0 Å². The maximum atomic E-state index is 4.00. The summed E-state index contributed by atoms with van der Waals surface area (Å²) in [6.07, 6.45) is 6.68. The van der Waals surface area contributed by atoms with Gasteiger partial charge in [-0.1, -0.05) is 131 Å². The molecule has 0 saturated carbocycles. The van der Waals surface area contributed by atoms with Gasteiger partial charge in [-0.25, -0.2) is 0 Å². The van der Waals surface area contributed by atoms with E-state index in [9.17, 15) is 0 Å². The molecule has 50 heavy (non-hydrogen) atoms. The summed E-state index contributed by atoms with van der Waals surface area (Å²) in [5, 5.41) is 7.25. The second kappa shape index (κ2) is 13.8. The highest BCUT2D eigenvalue weighted by atomic mass is 14.8. The van der Waals surface area contributed by atoms with Gasteiger partial charge in [-0.2, -0.15) is 0 Å². The number of allylic oxidation sites excluding steroid dienone is 4. The summed E-state index contributed by atoms with van der Waals surface area (Å²) >= 11 is 0. The molecule has 3 heteroatoms. The van der Waals surface area contributed by atoms with Crippen LogP contribution in [0.1, 0.15) is 39.7 Å². The monoisotopic (exact) mass is 649 g/mol. The minimum Gasteiger partial charge on any atom is -0.354 e. The van der Waals surface area contributed by atoms with E-state index in [0.717, 1.165) is 39.5 Å². The average molecular weight is 650 g/mol. The zero-order valence-electron chi connectivity index (χ0n) is 29.3. The van der Waals surface area contributed by atoms with Crippen molar-refractivity contribution in [3.63, 3.8) is 0 Å². The number of hydrogen-bond acceptors (Lipinski definition) is 0. The van der Waals surface area contributed by atoms with Crippen LogP contribution in [0.15, 0.2) is 147 Å². The molecule has 6 aromatic carbocycles. The first kappa shape index (κ1) is 32.5. The Labute approximate surface area is 293 Å². The molecule has 3 aromatic heterocycles. The first-order valence-corrected chi connectivity index (χ1v) is 17.7. The van der Waals surface area contributed by atoms with Crippen LogP contribution in [0.25, 0.3) is 93.2 Å². The van der Waals surface area contributed by atoms with Gasteiger partial charge in [0.15, 0.2) is 0 Å². The molecule has 0 fully saturated rings. The smallest absolute Gasteiger partial charge is 0.0588 e. The van der Waals surface area contributed by atoms with Crippen LogP contribution in [0.4, 0.5) is 0 Å². The molecule has 9 rings (SSSR count). The van der Waals surface area contributed by atoms with Crippen LogP contribution in [-0.4, -0.2) is 15.0 Å². The van der Waals surface area contributed by atoms with E-state index >= 15 is 0 Å². The van der Waals surface area contributed by atoms with E-state index in [-0.39, 0.29) is 0 Å². The van der Waals surface area contributed by atoms with E-state index < -0.39 is 0 Å². The Kier molecular flexibility index (Phi) is 8.98. The molecule has 0 atom stereocenters. The minimum atomic E-state index is 0.777.